The Morgan fingerprint density at radius 3 is 2.69 bits per heavy atom. The van der Waals surface area contributed by atoms with Crippen molar-refractivity contribution in [2.24, 2.45) is 16.3 Å². The summed E-state index contributed by atoms with van der Waals surface area (Å²) >= 11 is 0. The molecule has 5 nitrogen and oxygen atoms in total. The minimum absolute atomic E-state index is 0.0386. The molecule has 1 rings (SSSR count). The Bertz CT molecular complexity index is 248. The van der Waals surface area contributed by atoms with Crippen molar-refractivity contribution >= 4 is 11.7 Å². The molecule has 0 aromatic heterocycles. The van der Waals surface area contributed by atoms with Crippen LogP contribution in [-0.4, -0.2) is 23.0 Å². The van der Waals surface area contributed by atoms with Gasteiger partial charge >= 0.3 is 0 Å². The van der Waals surface area contributed by atoms with E-state index in [2.05, 4.69) is 24.3 Å². The largest absolute Gasteiger partial charge is 0.409 e. The van der Waals surface area contributed by atoms with Crippen LogP contribution in [0.25, 0.3) is 0 Å². The SMILES string of the molecule is CC1(C)CC1NC(=O)C/C(N)=N/O. The normalized spacial score (nSPS) is 25.4. The number of nitrogens with two attached hydrogens (primary N) is 1. The van der Waals surface area contributed by atoms with Gasteiger partial charge in [0, 0.05) is 6.04 Å². The van der Waals surface area contributed by atoms with Gasteiger partial charge in [0.1, 0.15) is 5.84 Å². The number of nitrogens with zero attached hydrogens (tertiary/aromatic N) is 1. The van der Waals surface area contributed by atoms with Gasteiger partial charge in [-0.3, -0.25) is 4.79 Å². The molecule has 1 saturated carbocycles. The summed E-state index contributed by atoms with van der Waals surface area (Å²) in [5.74, 6) is -0.248. The second-order valence-electron chi connectivity index (χ2n) is 4.08. The van der Waals surface area contributed by atoms with Gasteiger partial charge in [-0.25, -0.2) is 0 Å². The molecule has 5 heteroatoms. The fraction of sp³-hybridized carbons (Fsp3) is 0.750. The molecule has 0 heterocycles. The number of hydrogen-bond donors (Lipinski definition) is 3. The third-order valence-corrected chi connectivity index (χ3v) is 2.32. The van der Waals surface area contributed by atoms with Crippen LogP contribution in [0.2, 0.25) is 0 Å². The first-order valence-corrected chi connectivity index (χ1v) is 4.21. The van der Waals surface area contributed by atoms with E-state index in [1.165, 1.54) is 0 Å². The number of amidine groups is 1. The van der Waals surface area contributed by atoms with E-state index in [0.29, 0.717) is 0 Å². The lowest BCUT2D eigenvalue weighted by molar-refractivity contribution is -0.120. The second kappa shape index (κ2) is 3.24. The van der Waals surface area contributed by atoms with Crippen molar-refractivity contribution in [2.45, 2.75) is 32.7 Å². The Morgan fingerprint density at radius 1 is 1.77 bits per heavy atom. The van der Waals surface area contributed by atoms with Crippen molar-refractivity contribution in [2.75, 3.05) is 0 Å². The van der Waals surface area contributed by atoms with E-state index in [1.54, 1.807) is 0 Å². The van der Waals surface area contributed by atoms with E-state index in [9.17, 15) is 4.79 Å². The van der Waals surface area contributed by atoms with Crippen LogP contribution < -0.4 is 11.1 Å². The molecule has 0 radical (unpaired) electrons. The maximum absolute atomic E-state index is 11.2. The predicted octanol–water partition coefficient (Wildman–Crippen LogP) is 0.0376. The molecule has 74 valence electrons. The Morgan fingerprint density at radius 2 is 2.31 bits per heavy atom. The first-order chi connectivity index (χ1) is 5.95. The minimum Gasteiger partial charge on any atom is -0.409 e. The van der Waals surface area contributed by atoms with E-state index >= 15 is 0 Å². The minimum atomic E-state index is -0.189. The molecule has 0 spiro atoms. The number of rotatable bonds is 3. The number of nitrogens with one attached hydrogen (secondary N) is 1. The van der Waals surface area contributed by atoms with E-state index in [1.807, 2.05) is 0 Å². The lowest BCUT2D eigenvalue weighted by Crippen LogP contribution is -2.32. The van der Waals surface area contributed by atoms with Gasteiger partial charge in [-0.1, -0.05) is 19.0 Å². The van der Waals surface area contributed by atoms with Crippen LogP contribution in [-0.2, 0) is 4.79 Å². The van der Waals surface area contributed by atoms with Crippen molar-refractivity contribution in [1.29, 1.82) is 0 Å². The molecule has 1 amide bonds. The van der Waals surface area contributed by atoms with Gasteiger partial charge in [0.25, 0.3) is 0 Å². The van der Waals surface area contributed by atoms with Gasteiger partial charge in [-0.05, 0) is 11.8 Å². The molecule has 0 aliphatic heterocycles. The maximum atomic E-state index is 11.2. The van der Waals surface area contributed by atoms with E-state index in [-0.39, 0.29) is 29.6 Å². The lowest BCUT2D eigenvalue weighted by Gasteiger charge is -2.05. The highest BCUT2D eigenvalue weighted by Gasteiger charge is 2.46. The van der Waals surface area contributed by atoms with Crippen LogP contribution in [0.4, 0.5) is 0 Å². The summed E-state index contributed by atoms with van der Waals surface area (Å²) in [6, 6.07) is 0.242. The molecule has 1 unspecified atom stereocenters. The highest BCUT2D eigenvalue weighted by molar-refractivity contribution is 5.98. The third-order valence-electron chi connectivity index (χ3n) is 2.32. The van der Waals surface area contributed by atoms with E-state index in [0.717, 1.165) is 6.42 Å². The summed E-state index contributed by atoms with van der Waals surface area (Å²) in [6.07, 6.45) is 0.956. The molecule has 0 saturated heterocycles. The molecule has 1 fully saturated rings. The number of carbonyl (C=O) groups excluding carboxylic acids is 1. The van der Waals surface area contributed by atoms with Gasteiger partial charge in [-0.2, -0.15) is 0 Å². The van der Waals surface area contributed by atoms with Crippen molar-refractivity contribution in [3.05, 3.63) is 0 Å². The van der Waals surface area contributed by atoms with Crippen LogP contribution in [0, 0.1) is 5.41 Å². The molecular weight excluding hydrogens is 170 g/mol. The van der Waals surface area contributed by atoms with Gasteiger partial charge in [0.05, 0.1) is 6.42 Å². The third kappa shape index (κ3) is 2.61. The average molecular weight is 185 g/mol. The summed E-state index contributed by atoms with van der Waals surface area (Å²) in [5, 5.41) is 13.7. The van der Waals surface area contributed by atoms with Gasteiger partial charge in [0.15, 0.2) is 0 Å². The quantitative estimate of drug-likeness (QED) is 0.251. The summed E-state index contributed by atoms with van der Waals surface area (Å²) < 4.78 is 0. The predicted molar refractivity (Wildman–Crippen MR) is 48.4 cm³/mol. The number of amides is 1. The van der Waals surface area contributed by atoms with Crippen LogP contribution in [0.1, 0.15) is 26.7 Å². The Balaban J connectivity index is 2.28. The van der Waals surface area contributed by atoms with Gasteiger partial charge in [-0.15, -0.1) is 0 Å². The number of hydrogen-bond acceptors (Lipinski definition) is 3. The maximum Gasteiger partial charge on any atom is 0.227 e. The van der Waals surface area contributed by atoms with Crippen molar-refractivity contribution in [3.63, 3.8) is 0 Å². The topological polar surface area (TPSA) is 87.7 Å². The summed E-state index contributed by atoms with van der Waals surface area (Å²) in [7, 11) is 0. The fourth-order valence-corrected chi connectivity index (χ4v) is 1.16. The standard InChI is InChI=1S/C8H15N3O2/c1-8(2)4-5(8)10-7(12)3-6(9)11-13/h5,13H,3-4H2,1-2H3,(H2,9,11)(H,10,12). The zero-order valence-corrected chi connectivity index (χ0v) is 7.87. The molecule has 4 N–H and O–H groups in total. The van der Waals surface area contributed by atoms with Gasteiger partial charge in [0.2, 0.25) is 5.91 Å². The van der Waals surface area contributed by atoms with E-state index < -0.39 is 0 Å². The molecule has 1 aliphatic rings. The van der Waals surface area contributed by atoms with E-state index in [4.69, 9.17) is 10.9 Å². The van der Waals surface area contributed by atoms with Crippen LogP contribution in [0.5, 0.6) is 0 Å². The molecule has 1 aliphatic carbocycles. The first kappa shape index (κ1) is 9.83. The van der Waals surface area contributed by atoms with Crippen LogP contribution in [0.15, 0.2) is 5.16 Å². The Kier molecular flexibility index (Phi) is 2.45. The summed E-state index contributed by atoms with van der Waals surface area (Å²) in [4.78, 5) is 11.2. The second-order valence-corrected chi connectivity index (χ2v) is 4.08. The molecule has 1 atom stereocenters. The highest BCUT2D eigenvalue weighted by atomic mass is 16.4. The zero-order valence-electron chi connectivity index (χ0n) is 7.87. The molecule has 0 aromatic carbocycles. The Labute approximate surface area is 77.0 Å². The van der Waals surface area contributed by atoms with Crippen LogP contribution in [0.3, 0.4) is 0 Å². The zero-order chi connectivity index (χ0) is 10.1. The molecular formula is C8H15N3O2. The molecule has 0 bridgehead atoms. The molecule has 0 aromatic rings. The van der Waals surface area contributed by atoms with Crippen LogP contribution >= 0.6 is 0 Å². The first-order valence-electron chi connectivity index (χ1n) is 4.21. The van der Waals surface area contributed by atoms with Crippen molar-refractivity contribution in [1.82, 2.24) is 5.32 Å². The summed E-state index contributed by atoms with van der Waals surface area (Å²) in [6.45, 7) is 4.17. The highest BCUT2D eigenvalue weighted by Crippen LogP contribution is 2.44. The smallest absolute Gasteiger partial charge is 0.227 e. The Hall–Kier alpha value is -1.26. The number of carbonyl (C=O) groups is 1. The fourth-order valence-electron chi connectivity index (χ4n) is 1.16. The summed E-state index contributed by atoms with van der Waals surface area (Å²) in [5.41, 5.74) is 5.39. The lowest BCUT2D eigenvalue weighted by atomic mass is 10.2. The average Bonchev–Trinajstić information content (AvgIpc) is 2.58. The van der Waals surface area contributed by atoms with Gasteiger partial charge < -0.3 is 16.3 Å². The monoisotopic (exact) mass is 185 g/mol. The van der Waals surface area contributed by atoms with Crippen molar-refractivity contribution < 1.29 is 10.0 Å². The van der Waals surface area contributed by atoms with Crippen molar-refractivity contribution in [3.8, 4) is 0 Å². The molecule has 13 heavy (non-hydrogen) atoms. The number of oxime groups is 1.